The van der Waals surface area contributed by atoms with Gasteiger partial charge in [0.1, 0.15) is 18.5 Å². The molecule has 0 spiro atoms. The molecule has 9 heteroatoms. The number of hydrogen-bond acceptors (Lipinski definition) is 8. The fourth-order valence-electron chi connectivity index (χ4n) is 2.89. The van der Waals surface area contributed by atoms with Crippen molar-refractivity contribution in [3.63, 3.8) is 0 Å². The highest BCUT2D eigenvalue weighted by molar-refractivity contribution is 5.89. The molecular weight excluding hydrogens is 348 g/mol. The Morgan fingerprint density at radius 1 is 1.26 bits per heavy atom. The molecule has 2 atom stereocenters. The van der Waals surface area contributed by atoms with Crippen molar-refractivity contribution in [2.45, 2.75) is 53.1 Å². The number of nitrogens with one attached hydrogen (secondary N) is 1. The number of rotatable bonds is 7. The molecule has 0 aliphatic carbocycles. The van der Waals surface area contributed by atoms with Gasteiger partial charge in [-0.25, -0.2) is 9.78 Å². The molecule has 27 heavy (non-hydrogen) atoms. The van der Waals surface area contributed by atoms with E-state index < -0.39 is 0 Å². The van der Waals surface area contributed by atoms with E-state index in [0.29, 0.717) is 36.0 Å². The Morgan fingerprint density at radius 2 is 2.04 bits per heavy atom. The quantitative estimate of drug-likeness (QED) is 0.787. The van der Waals surface area contributed by atoms with Gasteiger partial charge in [-0.3, -0.25) is 4.90 Å². The zero-order valence-corrected chi connectivity index (χ0v) is 16.3. The summed E-state index contributed by atoms with van der Waals surface area (Å²) in [5.41, 5.74) is 0. The zero-order valence-electron chi connectivity index (χ0n) is 16.3. The molecule has 1 N–H and O–H groups in total. The summed E-state index contributed by atoms with van der Waals surface area (Å²) in [5, 5.41) is 7.15. The average molecular weight is 374 g/mol. The monoisotopic (exact) mass is 374 g/mol. The average Bonchev–Trinajstić information content (AvgIpc) is 3.21. The molecule has 0 aromatic carbocycles. The Hall–Kier alpha value is -2.71. The Labute approximate surface area is 158 Å². The van der Waals surface area contributed by atoms with Gasteiger partial charge in [-0.1, -0.05) is 32.9 Å². The second kappa shape index (κ2) is 7.89. The summed E-state index contributed by atoms with van der Waals surface area (Å²) in [5.74, 6) is 2.74. The highest BCUT2D eigenvalue weighted by atomic mass is 16.6. The van der Waals surface area contributed by atoms with E-state index >= 15 is 0 Å². The first-order chi connectivity index (χ1) is 12.8. The van der Waals surface area contributed by atoms with Crippen molar-refractivity contribution in [3.8, 4) is 0 Å². The van der Waals surface area contributed by atoms with Gasteiger partial charge in [0.25, 0.3) is 0 Å². The molecule has 146 valence electrons. The van der Waals surface area contributed by atoms with Gasteiger partial charge in [-0.15, -0.1) is 0 Å². The molecule has 1 aliphatic heterocycles. The molecule has 0 saturated carbocycles. The predicted octanol–water partition coefficient (Wildman–Crippen LogP) is 3.21. The second-order valence-corrected chi connectivity index (χ2v) is 7.51. The summed E-state index contributed by atoms with van der Waals surface area (Å²) in [6.07, 6.45) is 1.98. The summed E-state index contributed by atoms with van der Waals surface area (Å²) in [6.45, 7) is 10.6. The number of carbonyl (C=O) groups excluding carboxylic acids is 1. The third-order valence-electron chi connectivity index (χ3n) is 4.35. The number of nitrogens with zero attached hydrogens (tertiary/aromatic N) is 5. The summed E-state index contributed by atoms with van der Waals surface area (Å²) >= 11 is 0. The molecule has 3 heterocycles. The number of hydrogen-bond donors (Lipinski definition) is 1. The van der Waals surface area contributed by atoms with Gasteiger partial charge < -0.3 is 14.6 Å². The third-order valence-corrected chi connectivity index (χ3v) is 4.35. The van der Waals surface area contributed by atoms with Gasteiger partial charge in [0.15, 0.2) is 5.82 Å². The molecule has 2 aromatic rings. The lowest BCUT2D eigenvalue weighted by Crippen LogP contribution is -2.37. The van der Waals surface area contributed by atoms with E-state index in [1.165, 1.54) is 0 Å². The highest BCUT2D eigenvalue weighted by Gasteiger charge is 2.37. The minimum Gasteiger partial charge on any atom is -0.447 e. The normalized spacial score (nSPS) is 18.3. The number of cyclic esters (lactones) is 1. The van der Waals surface area contributed by atoms with Gasteiger partial charge in [0.05, 0.1) is 6.04 Å². The third kappa shape index (κ3) is 4.35. The fraction of sp³-hybridized carbons (Fsp3) is 0.611. The molecule has 1 saturated heterocycles. The van der Waals surface area contributed by atoms with Crippen molar-refractivity contribution in [3.05, 3.63) is 24.0 Å². The first-order valence-electron chi connectivity index (χ1n) is 9.23. The largest absolute Gasteiger partial charge is 0.447 e. The van der Waals surface area contributed by atoms with Crippen LogP contribution in [0.4, 0.5) is 16.6 Å². The first kappa shape index (κ1) is 19.1. The molecular formula is C18H26N6O3. The minimum atomic E-state index is -0.387. The summed E-state index contributed by atoms with van der Waals surface area (Å²) < 4.78 is 10.5. The van der Waals surface area contributed by atoms with Crippen molar-refractivity contribution in [1.82, 2.24) is 20.1 Å². The molecule has 9 nitrogen and oxygen atoms in total. The van der Waals surface area contributed by atoms with E-state index in [2.05, 4.69) is 39.3 Å². The van der Waals surface area contributed by atoms with Crippen LogP contribution in [-0.2, 0) is 11.2 Å². The van der Waals surface area contributed by atoms with Gasteiger partial charge >= 0.3 is 6.09 Å². The van der Waals surface area contributed by atoms with Crippen LogP contribution in [0.5, 0.6) is 0 Å². The van der Waals surface area contributed by atoms with Gasteiger partial charge in [0.2, 0.25) is 11.8 Å². The number of amides is 1. The topological polar surface area (TPSA) is 106 Å². The van der Waals surface area contributed by atoms with Crippen LogP contribution < -0.4 is 10.2 Å². The maximum Gasteiger partial charge on any atom is 0.415 e. The Balaban J connectivity index is 1.74. The lowest BCUT2D eigenvalue weighted by Gasteiger charge is -2.23. The number of carbonyl (C=O) groups is 1. The maximum absolute atomic E-state index is 12.1. The van der Waals surface area contributed by atoms with Crippen molar-refractivity contribution >= 4 is 17.9 Å². The lowest BCUT2D eigenvalue weighted by atomic mass is 10.0. The number of anilines is 2. The first-order valence-corrected chi connectivity index (χ1v) is 9.23. The molecule has 1 aliphatic rings. The van der Waals surface area contributed by atoms with Crippen LogP contribution in [0.2, 0.25) is 0 Å². The molecule has 2 aromatic heterocycles. The van der Waals surface area contributed by atoms with Crippen LogP contribution in [0.15, 0.2) is 16.8 Å². The lowest BCUT2D eigenvalue weighted by molar-refractivity contribution is 0.177. The smallest absolute Gasteiger partial charge is 0.415 e. The standard InChI is InChI=1S/C18H26N6O3/c1-10(2)8-14-21-16(27-23-14)12(5)20-17-19-7-6-15(22-17)24-13(11(3)4)9-26-18(24)25/h6-7,10-13H,8-9H2,1-5H3,(H,19,20,22)/t12?,13-/m1/s1. The van der Waals surface area contributed by atoms with Crippen LogP contribution >= 0.6 is 0 Å². The van der Waals surface area contributed by atoms with E-state index in [4.69, 9.17) is 9.26 Å². The fourth-order valence-corrected chi connectivity index (χ4v) is 2.89. The molecule has 1 amide bonds. The summed E-state index contributed by atoms with van der Waals surface area (Å²) in [4.78, 5) is 26.8. The summed E-state index contributed by atoms with van der Waals surface area (Å²) in [7, 11) is 0. The zero-order chi connectivity index (χ0) is 19.6. The van der Waals surface area contributed by atoms with E-state index in [-0.39, 0.29) is 24.1 Å². The molecule has 1 unspecified atom stereocenters. The maximum atomic E-state index is 12.1. The van der Waals surface area contributed by atoms with Crippen molar-refractivity contribution in [2.24, 2.45) is 11.8 Å². The second-order valence-electron chi connectivity index (χ2n) is 7.51. The SMILES string of the molecule is CC(C)Cc1noc(C(C)Nc2nccc(N3C(=O)OC[C@@H]3C(C)C)n2)n1. The van der Waals surface area contributed by atoms with E-state index in [9.17, 15) is 4.79 Å². The predicted molar refractivity (Wildman–Crippen MR) is 99.4 cm³/mol. The van der Waals surface area contributed by atoms with E-state index in [1.54, 1.807) is 17.2 Å². The van der Waals surface area contributed by atoms with Crippen LogP contribution in [-0.4, -0.2) is 38.9 Å². The molecule has 1 fully saturated rings. The highest BCUT2D eigenvalue weighted by Crippen LogP contribution is 2.26. The van der Waals surface area contributed by atoms with Gasteiger partial charge in [0, 0.05) is 12.6 Å². The van der Waals surface area contributed by atoms with Crippen LogP contribution in [0, 0.1) is 11.8 Å². The number of aromatic nitrogens is 4. The Bertz CT molecular complexity index is 791. The minimum absolute atomic E-state index is 0.0489. The Morgan fingerprint density at radius 3 is 2.74 bits per heavy atom. The van der Waals surface area contributed by atoms with Crippen molar-refractivity contribution in [1.29, 1.82) is 0 Å². The molecule has 0 bridgehead atoms. The molecule has 3 rings (SSSR count). The number of ether oxygens (including phenoxy) is 1. The van der Waals surface area contributed by atoms with Gasteiger partial charge in [-0.2, -0.15) is 9.97 Å². The molecule has 0 radical (unpaired) electrons. The van der Waals surface area contributed by atoms with Crippen LogP contribution in [0.3, 0.4) is 0 Å². The van der Waals surface area contributed by atoms with Crippen molar-refractivity contribution < 1.29 is 14.1 Å². The van der Waals surface area contributed by atoms with E-state index in [1.807, 2.05) is 20.8 Å². The summed E-state index contributed by atoms with van der Waals surface area (Å²) in [6, 6.07) is 1.39. The van der Waals surface area contributed by atoms with Crippen LogP contribution in [0.1, 0.15) is 52.4 Å². The van der Waals surface area contributed by atoms with E-state index in [0.717, 1.165) is 6.42 Å². The van der Waals surface area contributed by atoms with Crippen molar-refractivity contribution in [2.75, 3.05) is 16.8 Å². The Kier molecular flexibility index (Phi) is 5.57. The van der Waals surface area contributed by atoms with Gasteiger partial charge in [-0.05, 0) is 24.8 Å². The van der Waals surface area contributed by atoms with Crippen LogP contribution in [0.25, 0.3) is 0 Å².